The topological polar surface area (TPSA) is 87.5 Å². The molecule has 1 aliphatic rings. The Labute approximate surface area is 112 Å². The minimum absolute atomic E-state index is 0.0372. The number of nitrogens with zero attached hydrogens (tertiary/aromatic N) is 1. The largest absolute Gasteiger partial charge is 0.397 e. The van der Waals surface area contributed by atoms with Crippen molar-refractivity contribution in [2.75, 3.05) is 37.2 Å². The van der Waals surface area contributed by atoms with Gasteiger partial charge in [0.25, 0.3) is 0 Å². The number of benzene rings is 1. The number of amides is 2. The maximum atomic E-state index is 11.9. The average Bonchev–Trinajstić information content (AvgIpc) is 2.57. The zero-order chi connectivity index (χ0) is 13.7. The molecule has 0 aliphatic carbocycles. The van der Waals surface area contributed by atoms with E-state index >= 15 is 0 Å². The first-order chi connectivity index (χ1) is 9.15. The molecule has 1 aliphatic heterocycles. The van der Waals surface area contributed by atoms with Crippen molar-refractivity contribution in [3.05, 3.63) is 24.3 Å². The molecule has 4 N–H and O–H groups in total. The molecule has 0 spiro atoms. The standard InChI is InChI=1S/C13H18N4O2/c14-10-3-1-2-4-11(10)16-13(19)9-17-7-5-12(18)15-6-8-17/h1-4H,5-9,14H2,(H,15,18)(H,16,19). The highest BCUT2D eigenvalue weighted by atomic mass is 16.2. The van der Waals surface area contributed by atoms with Crippen molar-refractivity contribution in [2.24, 2.45) is 0 Å². The van der Waals surface area contributed by atoms with Crippen molar-refractivity contribution in [3.8, 4) is 0 Å². The third-order valence-electron chi connectivity index (χ3n) is 3.01. The van der Waals surface area contributed by atoms with Crippen molar-refractivity contribution in [3.63, 3.8) is 0 Å². The van der Waals surface area contributed by atoms with E-state index in [9.17, 15) is 9.59 Å². The van der Waals surface area contributed by atoms with Crippen LogP contribution in [0.15, 0.2) is 24.3 Å². The van der Waals surface area contributed by atoms with Crippen LogP contribution in [0.25, 0.3) is 0 Å². The predicted molar refractivity (Wildman–Crippen MR) is 73.6 cm³/mol. The van der Waals surface area contributed by atoms with Gasteiger partial charge in [-0.1, -0.05) is 12.1 Å². The smallest absolute Gasteiger partial charge is 0.238 e. The summed E-state index contributed by atoms with van der Waals surface area (Å²) >= 11 is 0. The summed E-state index contributed by atoms with van der Waals surface area (Å²) in [6, 6.07) is 7.14. The fourth-order valence-corrected chi connectivity index (χ4v) is 1.98. The van der Waals surface area contributed by atoms with E-state index in [2.05, 4.69) is 10.6 Å². The molecule has 0 radical (unpaired) electrons. The Hall–Kier alpha value is -2.08. The minimum atomic E-state index is -0.118. The van der Waals surface area contributed by atoms with Crippen molar-refractivity contribution in [1.29, 1.82) is 0 Å². The third kappa shape index (κ3) is 3.96. The normalized spacial score (nSPS) is 16.5. The molecule has 6 nitrogen and oxygen atoms in total. The van der Waals surface area contributed by atoms with Crippen LogP contribution in [0.4, 0.5) is 11.4 Å². The number of rotatable bonds is 3. The summed E-state index contributed by atoms with van der Waals surface area (Å²) in [5.74, 6) is -0.0811. The molecule has 102 valence electrons. The fraction of sp³-hybridized carbons (Fsp3) is 0.385. The number of carbonyl (C=O) groups is 2. The predicted octanol–water partition coefficient (Wildman–Crippen LogP) is 0.0292. The molecule has 2 amide bonds. The van der Waals surface area contributed by atoms with Crippen LogP contribution in [-0.4, -0.2) is 42.9 Å². The number of para-hydroxylation sites is 2. The molecule has 1 aromatic rings. The third-order valence-corrected chi connectivity index (χ3v) is 3.01. The lowest BCUT2D eigenvalue weighted by molar-refractivity contribution is -0.121. The lowest BCUT2D eigenvalue weighted by Crippen LogP contribution is -2.35. The second-order valence-corrected chi connectivity index (χ2v) is 4.51. The second-order valence-electron chi connectivity index (χ2n) is 4.51. The zero-order valence-corrected chi connectivity index (χ0v) is 10.7. The number of nitrogens with one attached hydrogen (secondary N) is 2. The van der Waals surface area contributed by atoms with Crippen LogP contribution in [0.5, 0.6) is 0 Å². The molecule has 0 unspecified atom stereocenters. The van der Waals surface area contributed by atoms with Crippen LogP contribution in [-0.2, 0) is 9.59 Å². The van der Waals surface area contributed by atoms with Gasteiger partial charge in [-0.3, -0.25) is 14.5 Å². The molecule has 1 heterocycles. The summed E-state index contributed by atoms with van der Waals surface area (Å²) in [5, 5.41) is 5.55. The van der Waals surface area contributed by atoms with Crippen LogP contribution in [0.2, 0.25) is 0 Å². The summed E-state index contributed by atoms with van der Waals surface area (Å²) in [7, 11) is 0. The van der Waals surface area contributed by atoms with Gasteiger partial charge in [0.2, 0.25) is 11.8 Å². The highest BCUT2D eigenvalue weighted by Crippen LogP contribution is 2.16. The summed E-state index contributed by atoms with van der Waals surface area (Å²) < 4.78 is 0. The Morgan fingerprint density at radius 2 is 2.16 bits per heavy atom. The van der Waals surface area contributed by atoms with Gasteiger partial charge in [0.1, 0.15) is 0 Å². The molecule has 1 saturated heterocycles. The Morgan fingerprint density at radius 1 is 1.37 bits per heavy atom. The van der Waals surface area contributed by atoms with Crippen molar-refractivity contribution >= 4 is 23.2 Å². The highest BCUT2D eigenvalue weighted by molar-refractivity contribution is 5.95. The summed E-state index contributed by atoms with van der Waals surface area (Å²) in [5.41, 5.74) is 6.93. The van der Waals surface area contributed by atoms with Gasteiger partial charge >= 0.3 is 0 Å². The molecular formula is C13H18N4O2. The van der Waals surface area contributed by atoms with Gasteiger partial charge in [-0.25, -0.2) is 0 Å². The summed E-state index contributed by atoms with van der Waals surface area (Å²) in [4.78, 5) is 25.1. The molecule has 2 rings (SSSR count). The second kappa shape index (κ2) is 6.19. The van der Waals surface area contributed by atoms with E-state index in [1.807, 2.05) is 17.0 Å². The van der Waals surface area contributed by atoms with Crippen molar-refractivity contribution in [2.45, 2.75) is 6.42 Å². The van der Waals surface area contributed by atoms with E-state index in [4.69, 9.17) is 5.73 Å². The number of hydrogen-bond donors (Lipinski definition) is 3. The Bertz CT molecular complexity index is 475. The van der Waals surface area contributed by atoms with Crippen LogP contribution >= 0.6 is 0 Å². The van der Waals surface area contributed by atoms with E-state index in [0.29, 0.717) is 37.4 Å². The Kier molecular flexibility index (Phi) is 4.35. The van der Waals surface area contributed by atoms with Crippen LogP contribution in [0, 0.1) is 0 Å². The fourth-order valence-electron chi connectivity index (χ4n) is 1.98. The van der Waals surface area contributed by atoms with Gasteiger partial charge in [0.05, 0.1) is 17.9 Å². The van der Waals surface area contributed by atoms with Gasteiger partial charge in [-0.2, -0.15) is 0 Å². The molecule has 0 aromatic heterocycles. The molecule has 1 fully saturated rings. The molecule has 19 heavy (non-hydrogen) atoms. The van der Waals surface area contributed by atoms with E-state index < -0.39 is 0 Å². The van der Waals surface area contributed by atoms with E-state index in [0.717, 1.165) is 0 Å². The SMILES string of the molecule is Nc1ccccc1NC(=O)CN1CCNC(=O)CC1. The Morgan fingerprint density at radius 3 is 2.95 bits per heavy atom. The van der Waals surface area contributed by atoms with Crippen LogP contribution in [0.1, 0.15) is 6.42 Å². The Balaban J connectivity index is 1.87. The molecular weight excluding hydrogens is 244 g/mol. The monoisotopic (exact) mass is 262 g/mol. The van der Waals surface area contributed by atoms with Gasteiger partial charge in [-0.05, 0) is 12.1 Å². The molecule has 6 heteroatoms. The van der Waals surface area contributed by atoms with Gasteiger partial charge in [0.15, 0.2) is 0 Å². The number of anilines is 2. The zero-order valence-electron chi connectivity index (χ0n) is 10.7. The van der Waals surface area contributed by atoms with Crippen molar-refractivity contribution in [1.82, 2.24) is 10.2 Å². The minimum Gasteiger partial charge on any atom is -0.397 e. The lowest BCUT2D eigenvalue weighted by Gasteiger charge is -2.18. The number of nitrogens with two attached hydrogens (primary N) is 1. The first-order valence-corrected chi connectivity index (χ1v) is 6.28. The van der Waals surface area contributed by atoms with Gasteiger partial charge < -0.3 is 16.4 Å². The maximum Gasteiger partial charge on any atom is 0.238 e. The van der Waals surface area contributed by atoms with E-state index in [1.165, 1.54) is 0 Å². The summed E-state index contributed by atoms with van der Waals surface area (Å²) in [6.07, 6.45) is 0.431. The lowest BCUT2D eigenvalue weighted by atomic mass is 10.2. The molecule has 0 saturated carbocycles. The van der Waals surface area contributed by atoms with E-state index in [-0.39, 0.29) is 18.4 Å². The first kappa shape index (κ1) is 13.4. The molecule has 0 atom stereocenters. The quantitative estimate of drug-likeness (QED) is 0.671. The maximum absolute atomic E-state index is 11.9. The van der Waals surface area contributed by atoms with Crippen LogP contribution in [0.3, 0.4) is 0 Å². The average molecular weight is 262 g/mol. The number of hydrogen-bond acceptors (Lipinski definition) is 4. The van der Waals surface area contributed by atoms with Crippen LogP contribution < -0.4 is 16.4 Å². The van der Waals surface area contributed by atoms with Gasteiger partial charge in [-0.15, -0.1) is 0 Å². The highest BCUT2D eigenvalue weighted by Gasteiger charge is 2.16. The van der Waals surface area contributed by atoms with Gasteiger partial charge in [0, 0.05) is 26.1 Å². The number of carbonyl (C=O) groups excluding carboxylic acids is 2. The number of nitrogen functional groups attached to an aromatic ring is 1. The van der Waals surface area contributed by atoms with Crippen molar-refractivity contribution < 1.29 is 9.59 Å². The molecule has 1 aromatic carbocycles. The summed E-state index contributed by atoms with van der Waals surface area (Å²) in [6.45, 7) is 2.13. The first-order valence-electron chi connectivity index (χ1n) is 6.28. The molecule has 0 bridgehead atoms. The van der Waals surface area contributed by atoms with E-state index in [1.54, 1.807) is 12.1 Å².